The largest absolute Gasteiger partial charge is 0.385 e. The molecule has 0 spiro atoms. The van der Waals surface area contributed by atoms with Gasteiger partial charge < -0.3 is 19.6 Å². The summed E-state index contributed by atoms with van der Waals surface area (Å²) >= 11 is 0. The van der Waals surface area contributed by atoms with Gasteiger partial charge in [0.15, 0.2) is 0 Å². The van der Waals surface area contributed by atoms with Crippen LogP contribution in [0.15, 0.2) is 0 Å². The summed E-state index contributed by atoms with van der Waals surface area (Å²) in [6, 6.07) is 0. The maximum absolute atomic E-state index is 10.3. The Morgan fingerprint density at radius 1 is 0.960 bits per heavy atom. The molecule has 144 valence electrons. The maximum Gasteiger partial charge on any atom is 0.127 e. The lowest BCUT2D eigenvalue weighted by atomic mass is 9.49. The molecule has 5 fully saturated rings. The Morgan fingerprint density at radius 3 is 2.08 bits per heavy atom. The zero-order valence-electron chi connectivity index (χ0n) is 16.3. The highest BCUT2D eigenvalue weighted by atomic mass is 16.5. The van der Waals surface area contributed by atoms with Crippen LogP contribution >= 0.6 is 0 Å². The molecule has 0 aromatic carbocycles. The molecule has 4 nitrogen and oxygen atoms in total. The topological polar surface area (TPSA) is 38.3 Å². The molecule has 0 unspecified atom stereocenters. The fourth-order valence-corrected chi connectivity index (χ4v) is 7.01. The summed E-state index contributed by atoms with van der Waals surface area (Å²) in [4.78, 5) is 3.28. The highest BCUT2D eigenvalue weighted by Crippen LogP contribution is 2.61. The van der Waals surface area contributed by atoms with Crippen LogP contribution < -0.4 is 9.80 Å². The molecule has 0 amide bonds. The van der Waals surface area contributed by atoms with Crippen LogP contribution in [0.2, 0.25) is 0 Å². The Bertz CT molecular complexity index is 398. The Hall–Kier alpha value is -0.160. The van der Waals surface area contributed by atoms with E-state index in [1.807, 2.05) is 0 Å². The van der Waals surface area contributed by atoms with E-state index in [0.717, 1.165) is 30.9 Å². The normalized spacial score (nSPS) is 44.2. The second-order valence-corrected chi connectivity index (χ2v) is 9.95. The molecular formula is C21H40N2O2+2. The second-order valence-electron chi connectivity index (χ2n) is 9.95. The van der Waals surface area contributed by atoms with Crippen LogP contribution in [0.1, 0.15) is 51.9 Å². The van der Waals surface area contributed by atoms with E-state index < -0.39 is 0 Å². The number of aliphatic hydroxyl groups is 1. The average Bonchev–Trinajstić information content (AvgIpc) is 2.58. The Labute approximate surface area is 153 Å². The molecule has 1 saturated heterocycles. The molecule has 1 atom stereocenters. The summed E-state index contributed by atoms with van der Waals surface area (Å²) in [6.07, 6.45) is 9.94. The third-order valence-electron chi connectivity index (χ3n) is 7.94. The van der Waals surface area contributed by atoms with Crippen molar-refractivity contribution in [1.29, 1.82) is 0 Å². The minimum absolute atomic E-state index is 0.283. The Balaban J connectivity index is 1.13. The number of quaternary nitrogens is 2. The number of hydrogen-bond acceptors (Lipinski definition) is 2. The van der Waals surface area contributed by atoms with Crippen molar-refractivity contribution in [3.05, 3.63) is 0 Å². The van der Waals surface area contributed by atoms with Crippen LogP contribution in [0.25, 0.3) is 0 Å². The molecule has 25 heavy (non-hydrogen) atoms. The summed E-state index contributed by atoms with van der Waals surface area (Å²) in [5.41, 5.74) is 0.615. The van der Waals surface area contributed by atoms with Gasteiger partial charge in [0, 0.05) is 6.61 Å². The van der Waals surface area contributed by atoms with Gasteiger partial charge in [0.05, 0.1) is 13.2 Å². The first kappa shape index (κ1) is 18.2. The van der Waals surface area contributed by atoms with Crippen LogP contribution in [0.4, 0.5) is 0 Å². The van der Waals surface area contributed by atoms with E-state index >= 15 is 0 Å². The van der Waals surface area contributed by atoms with Gasteiger partial charge in [0.25, 0.3) is 0 Å². The van der Waals surface area contributed by atoms with Crippen LogP contribution in [0.5, 0.6) is 0 Å². The summed E-state index contributed by atoms with van der Waals surface area (Å²) in [5.74, 6) is 3.10. The molecule has 4 bridgehead atoms. The van der Waals surface area contributed by atoms with Crippen LogP contribution in [-0.4, -0.2) is 63.7 Å². The molecule has 0 aromatic rings. The summed E-state index contributed by atoms with van der Waals surface area (Å²) < 4.78 is 5.95. The van der Waals surface area contributed by atoms with Gasteiger partial charge in [0.2, 0.25) is 0 Å². The molecule has 1 heterocycles. The number of rotatable bonds is 8. The molecule has 4 aliphatic carbocycles. The average molecular weight is 353 g/mol. The molecule has 5 rings (SSSR count). The highest BCUT2D eigenvalue weighted by molar-refractivity contribution is 5.01. The first-order valence-corrected chi connectivity index (χ1v) is 11.1. The summed E-state index contributed by atoms with van der Waals surface area (Å²) in [6.45, 7) is 10.7. The number of nitrogens with one attached hydrogen (secondary N) is 2. The van der Waals surface area contributed by atoms with Crippen LogP contribution in [0.3, 0.4) is 0 Å². The van der Waals surface area contributed by atoms with E-state index in [1.165, 1.54) is 77.7 Å². The first-order valence-electron chi connectivity index (χ1n) is 11.1. The van der Waals surface area contributed by atoms with E-state index in [0.29, 0.717) is 12.0 Å². The maximum atomic E-state index is 10.3. The second kappa shape index (κ2) is 7.84. The predicted molar refractivity (Wildman–Crippen MR) is 98.8 cm³/mol. The molecule has 0 radical (unpaired) electrons. The quantitative estimate of drug-likeness (QED) is 0.528. The molecular weight excluding hydrogens is 312 g/mol. The third kappa shape index (κ3) is 4.40. The van der Waals surface area contributed by atoms with Gasteiger partial charge in [-0.2, -0.15) is 0 Å². The predicted octanol–water partition coefficient (Wildman–Crippen LogP) is -0.226. The fraction of sp³-hybridized carbons (Fsp3) is 1.00. The van der Waals surface area contributed by atoms with E-state index in [4.69, 9.17) is 4.74 Å². The number of aliphatic hydroxyl groups excluding tert-OH is 1. The highest BCUT2D eigenvalue weighted by Gasteiger charge is 2.50. The lowest BCUT2D eigenvalue weighted by Gasteiger charge is -2.57. The van der Waals surface area contributed by atoms with Gasteiger partial charge in [-0.15, -0.1) is 0 Å². The zero-order chi connectivity index (χ0) is 17.3. The van der Waals surface area contributed by atoms with Crippen LogP contribution in [-0.2, 0) is 4.74 Å². The van der Waals surface area contributed by atoms with Crippen molar-refractivity contribution in [3.8, 4) is 0 Å². The SMILES string of the molecule is CC[NH+]1CC[NH+](C[C@@H](O)COCCC23CC4CC(CC(C4)C2)C3)CC1. The van der Waals surface area contributed by atoms with Crippen molar-refractivity contribution in [2.75, 3.05) is 52.5 Å². The van der Waals surface area contributed by atoms with Gasteiger partial charge in [-0.3, -0.25) is 0 Å². The number of ether oxygens (including phenoxy) is 1. The summed E-state index contributed by atoms with van der Waals surface area (Å²) in [7, 11) is 0. The van der Waals surface area contributed by atoms with E-state index in [1.54, 1.807) is 9.80 Å². The fourth-order valence-electron chi connectivity index (χ4n) is 7.01. The lowest BCUT2D eigenvalue weighted by molar-refractivity contribution is -1.01. The first-order chi connectivity index (χ1) is 12.1. The van der Waals surface area contributed by atoms with Crippen molar-refractivity contribution >= 4 is 0 Å². The molecule has 4 saturated carbocycles. The van der Waals surface area contributed by atoms with E-state index in [2.05, 4.69) is 6.92 Å². The van der Waals surface area contributed by atoms with Crippen molar-refractivity contribution in [2.24, 2.45) is 23.2 Å². The molecule has 4 heteroatoms. The third-order valence-corrected chi connectivity index (χ3v) is 7.94. The standard InChI is InChI=1S/C21H38N2O2/c1-2-22-4-6-23(7-5-22)15-20(24)16-25-8-3-21-12-17-9-18(13-21)11-19(10-17)14-21/h17-20,24H,2-16H2,1H3/p+2/t17?,18?,19?,20-,21?/m1/s1. The molecule has 1 aliphatic heterocycles. The number of hydrogen-bond donors (Lipinski definition) is 3. The molecule has 3 N–H and O–H groups in total. The summed E-state index contributed by atoms with van der Waals surface area (Å²) in [5, 5.41) is 10.3. The smallest absolute Gasteiger partial charge is 0.127 e. The Kier molecular flexibility index (Phi) is 5.71. The van der Waals surface area contributed by atoms with Crippen LogP contribution in [0, 0.1) is 23.2 Å². The number of likely N-dealkylation sites (N-methyl/N-ethyl adjacent to an activating group) is 1. The lowest BCUT2D eigenvalue weighted by Crippen LogP contribution is -3.28. The van der Waals surface area contributed by atoms with Gasteiger partial charge in [0.1, 0.15) is 38.8 Å². The minimum atomic E-state index is -0.283. The zero-order valence-corrected chi connectivity index (χ0v) is 16.3. The monoisotopic (exact) mass is 352 g/mol. The molecule has 5 aliphatic rings. The van der Waals surface area contributed by atoms with Crippen molar-refractivity contribution < 1.29 is 19.6 Å². The molecule has 0 aromatic heterocycles. The van der Waals surface area contributed by atoms with E-state index in [9.17, 15) is 5.11 Å². The van der Waals surface area contributed by atoms with Gasteiger partial charge in [-0.25, -0.2) is 0 Å². The minimum Gasteiger partial charge on any atom is -0.385 e. The van der Waals surface area contributed by atoms with Crippen molar-refractivity contribution in [1.82, 2.24) is 0 Å². The van der Waals surface area contributed by atoms with Gasteiger partial charge in [-0.05, 0) is 75.0 Å². The van der Waals surface area contributed by atoms with Gasteiger partial charge in [-0.1, -0.05) is 0 Å². The Morgan fingerprint density at radius 2 is 1.52 bits per heavy atom. The number of piperazine rings is 1. The van der Waals surface area contributed by atoms with E-state index in [-0.39, 0.29) is 6.10 Å². The van der Waals surface area contributed by atoms with Gasteiger partial charge >= 0.3 is 0 Å². The van der Waals surface area contributed by atoms with Crippen molar-refractivity contribution in [3.63, 3.8) is 0 Å². The van der Waals surface area contributed by atoms with Crippen molar-refractivity contribution in [2.45, 2.75) is 58.0 Å².